The SMILES string of the molecule is COc1ccc(-c2cnnc(NCc3csc(-c4cccs4)n3)n2)cc1. The van der Waals surface area contributed by atoms with Crippen LogP contribution >= 0.6 is 22.7 Å². The molecule has 0 saturated heterocycles. The first-order valence-electron chi connectivity index (χ1n) is 7.88. The van der Waals surface area contributed by atoms with E-state index in [-0.39, 0.29) is 0 Å². The molecular weight excluding hydrogens is 366 g/mol. The molecule has 0 unspecified atom stereocenters. The minimum Gasteiger partial charge on any atom is -0.497 e. The van der Waals surface area contributed by atoms with Gasteiger partial charge in [0.1, 0.15) is 10.8 Å². The number of methoxy groups -OCH3 is 1. The van der Waals surface area contributed by atoms with Gasteiger partial charge in [-0.3, -0.25) is 0 Å². The van der Waals surface area contributed by atoms with Crippen molar-refractivity contribution in [2.24, 2.45) is 0 Å². The van der Waals surface area contributed by atoms with Gasteiger partial charge in [-0.25, -0.2) is 9.97 Å². The summed E-state index contributed by atoms with van der Waals surface area (Å²) in [7, 11) is 1.64. The van der Waals surface area contributed by atoms with Crippen LogP contribution in [-0.4, -0.2) is 27.3 Å². The Morgan fingerprint density at radius 2 is 1.96 bits per heavy atom. The van der Waals surface area contributed by atoms with E-state index in [1.165, 1.54) is 4.88 Å². The molecule has 0 bridgehead atoms. The normalized spacial score (nSPS) is 10.7. The number of hydrogen-bond acceptors (Lipinski definition) is 8. The van der Waals surface area contributed by atoms with Crippen LogP contribution in [0.25, 0.3) is 21.1 Å². The minimum atomic E-state index is 0.476. The second-order valence-electron chi connectivity index (χ2n) is 5.37. The summed E-state index contributed by atoms with van der Waals surface area (Å²) in [4.78, 5) is 10.3. The third-order valence-electron chi connectivity index (χ3n) is 3.66. The zero-order chi connectivity index (χ0) is 17.8. The summed E-state index contributed by atoms with van der Waals surface area (Å²) < 4.78 is 5.18. The molecule has 0 aliphatic carbocycles. The zero-order valence-corrected chi connectivity index (χ0v) is 15.5. The van der Waals surface area contributed by atoms with Gasteiger partial charge in [-0.05, 0) is 35.7 Å². The number of thiazole rings is 1. The molecule has 0 radical (unpaired) electrons. The third-order valence-corrected chi connectivity index (χ3v) is 5.59. The molecule has 0 aliphatic heterocycles. The first-order chi connectivity index (χ1) is 12.8. The molecule has 0 amide bonds. The fourth-order valence-electron chi connectivity index (χ4n) is 2.35. The highest BCUT2D eigenvalue weighted by Gasteiger charge is 2.07. The van der Waals surface area contributed by atoms with Gasteiger partial charge in [-0.15, -0.1) is 27.8 Å². The summed E-state index contributed by atoms with van der Waals surface area (Å²) in [6, 6.07) is 11.8. The topological polar surface area (TPSA) is 72.8 Å². The molecule has 1 N–H and O–H groups in total. The Morgan fingerprint density at radius 3 is 2.73 bits per heavy atom. The molecular formula is C18H15N5OS2. The Balaban J connectivity index is 1.45. The Kier molecular flexibility index (Phi) is 4.85. The molecule has 4 rings (SSSR count). The van der Waals surface area contributed by atoms with E-state index in [9.17, 15) is 0 Å². The molecule has 6 nitrogen and oxygen atoms in total. The summed E-state index contributed by atoms with van der Waals surface area (Å²) in [6.45, 7) is 0.551. The molecule has 8 heteroatoms. The van der Waals surface area contributed by atoms with Gasteiger partial charge < -0.3 is 10.1 Å². The van der Waals surface area contributed by atoms with Crippen LogP contribution in [0.4, 0.5) is 5.95 Å². The molecule has 0 spiro atoms. The lowest BCUT2D eigenvalue weighted by Crippen LogP contribution is -2.05. The quantitative estimate of drug-likeness (QED) is 0.535. The van der Waals surface area contributed by atoms with Crippen LogP contribution in [0.3, 0.4) is 0 Å². The van der Waals surface area contributed by atoms with Gasteiger partial charge in [0.2, 0.25) is 5.95 Å². The van der Waals surface area contributed by atoms with E-state index in [0.29, 0.717) is 12.5 Å². The zero-order valence-electron chi connectivity index (χ0n) is 13.9. The number of nitrogens with one attached hydrogen (secondary N) is 1. The van der Waals surface area contributed by atoms with E-state index in [0.717, 1.165) is 27.7 Å². The maximum atomic E-state index is 5.18. The molecule has 0 fully saturated rings. The van der Waals surface area contributed by atoms with Crippen LogP contribution < -0.4 is 10.1 Å². The molecule has 4 aromatic rings. The Morgan fingerprint density at radius 1 is 1.08 bits per heavy atom. The first kappa shape index (κ1) is 16.6. The van der Waals surface area contributed by atoms with Crippen LogP contribution in [0.2, 0.25) is 0 Å². The lowest BCUT2D eigenvalue weighted by atomic mass is 10.1. The van der Waals surface area contributed by atoms with E-state index in [4.69, 9.17) is 4.74 Å². The number of anilines is 1. The first-order valence-corrected chi connectivity index (χ1v) is 9.64. The van der Waals surface area contributed by atoms with E-state index in [1.54, 1.807) is 36.0 Å². The highest BCUT2D eigenvalue weighted by Crippen LogP contribution is 2.28. The second kappa shape index (κ2) is 7.59. The van der Waals surface area contributed by atoms with Crippen LogP contribution in [-0.2, 0) is 6.54 Å². The molecule has 3 heterocycles. The maximum absolute atomic E-state index is 5.18. The smallest absolute Gasteiger partial charge is 0.243 e. The number of hydrogen-bond donors (Lipinski definition) is 1. The monoisotopic (exact) mass is 381 g/mol. The lowest BCUT2D eigenvalue weighted by molar-refractivity contribution is 0.415. The van der Waals surface area contributed by atoms with Crippen molar-refractivity contribution in [1.29, 1.82) is 0 Å². The fraction of sp³-hybridized carbons (Fsp3) is 0.111. The van der Waals surface area contributed by atoms with Gasteiger partial charge in [-0.1, -0.05) is 6.07 Å². The Labute approximate surface area is 158 Å². The number of benzene rings is 1. The summed E-state index contributed by atoms with van der Waals surface area (Å²) >= 11 is 3.33. The van der Waals surface area contributed by atoms with E-state index in [1.807, 2.05) is 35.7 Å². The summed E-state index contributed by atoms with van der Waals surface area (Å²) in [5.74, 6) is 1.28. The van der Waals surface area contributed by atoms with Crippen molar-refractivity contribution in [2.45, 2.75) is 6.54 Å². The molecule has 130 valence electrons. The molecule has 0 aliphatic rings. The van der Waals surface area contributed by atoms with Crippen molar-refractivity contribution in [3.63, 3.8) is 0 Å². The lowest BCUT2D eigenvalue weighted by Gasteiger charge is -2.05. The number of ether oxygens (including phenoxy) is 1. The summed E-state index contributed by atoms with van der Waals surface area (Å²) in [5, 5.41) is 16.4. The van der Waals surface area contributed by atoms with Crippen LogP contribution in [0.15, 0.2) is 53.4 Å². The molecule has 3 aromatic heterocycles. The van der Waals surface area contributed by atoms with Gasteiger partial charge in [0.15, 0.2) is 0 Å². The maximum Gasteiger partial charge on any atom is 0.243 e. The highest BCUT2D eigenvalue weighted by molar-refractivity contribution is 7.20. The number of thiophene rings is 1. The van der Waals surface area contributed by atoms with Crippen molar-refractivity contribution in [2.75, 3.05) is 12.4 Å². The second-order valence-corrected chi connectivity index (χ2v) is 7.17. The van der Waals surface area contributed by atoms with Crippen LogP contribution in [0.5, 0.6) is 5.75 Å². The standard InChI is InChI=1S/C18H15N5OS2/c1-24-14-6-4-12(5-7-14)15-10-20-23-18(22-15)19-9-13-11-26-17(21-13)16-3-2-8-25-16/h2-8,10-11H,9H2,1H3,(H,19,22,23). The third kappa shape index (κ3) is 3.71. The van der Waals surface area contributed by atoms with Gasteiger partial charge in [0.25, 0.3) is 0 Å². The van der Waals surface area contributed by atoms with Crippen molar-refractivity contribution in [1.82, 2.24) is 20.2 Å². The molecule has 0 atom stereocenters. The Hall–Kier alpha value is -2.84. The number of nitrogens with zero attached hydrogens (tertiary/aromatic N) is 4. The van der Waals surface area contributed by atoms with E-state index < -0.39 is 0 Å². The van der Waals surface area contributed by atoms with E-state index in [2.05, 4.69) is 36.9 Å². The van der Waals surface area contributed by atoms with Crippen molar-refractivity contribution >= 4 is 28.6 Å². The number of rotatable bonds is 6. The van der Waals surface area contributed by atoms with Crippen molar-refractivity contribution in [3.8, 4) is 26.9 Å². The average molecular weight is 381 g/mol. The predicted molar refractivity (Wildman–Crippen MR) is 105 cm³/mol. The van der Waals surface area contributed by atoms with Crippen molar-refractivity contribution in [3.05, 3.63) is 59.0 Å². The molecule has 26 heavy (non-hydrogen) atoms. The summed E-state index contributed by atoms with van der Waals surface area (Å²) in [5.41, 5.74) is 2.66. The largest absolute Gasteiger partial charge is 0.497 e. The van der Waals surface area contributed by atoms with Gasteiger partial charge in [-0.2, -0.15) is 5.10 Å². The van der Waals surface area contributed by atoms with Gasteiger partial charge >= 0.3 is 0 Å². The van der Waals surface area contributed by atoms with Gasteiger partial charge in [0, 0.05) is 10.9 Å². The number of aromatic nitrogens is 4. The molecule has 0 saturated carbocycles. The van der Waals surface area contributed by atoms with E-state index >= 15 is 0 Å². The van der Waals surface area contributed by atoms with Crippen LogP contribution in [0, 0.1) is 0 Å². The summed E-state index contributed by atoms with van der Waals surface area (Å²) in [6.07, 6.45) is 1.64. The van der Waals surface area contributed by atoms with Crippen LogP contribution in [0.1, 0.15) is 5.69 Å². The predicted octanol–water partition coefficient (Wildman–Crippen LogP) is 4.34. The van der Waals surface area contributed by atoms with Crippen molar-refractivity contribution < 1.29 is 4.74 Å². The highest BCUT2D eigenvalue weighted by atomic mass is 32.1. The molecule has 1 aromatic carbocycles. The average Bonchev–Trinajstić information content (AvgIpc) is 3.38. The minimum absolute atomic E-state index is 0.476. The Bertz CT molecular complexity index is 983. The van der Waals surface area contributed by atoms with Gasteiger partial charge in [0.05, 0.1) is 36.1 Å². The fourth-order valence-corrected chi connectivity index (χ4v) is 3.98.